The molecule has 1 atom stereocenters. The van der Waals surface area contributed by atoms with Crippen molar-refractivity contribution in [2.75, 3.05) is 16.4 Å². The third kappa shape index (κ3) is 5.42. The summed E-state index contributed by atoms with van der Waals surface area (Å²) in [7, 11) is 0. The van der Waals surface area contributed by atoms with Crippen LogP contribution in [0.3, 0.4) is 0 Å². The van der Waals surface area contributed by atoms with Crippen LogP contribution in [-0.2, 0) is 9.59 Å². The Morgan fingerprint density at radius 1 is 1.04 bits per heavy atom. The number of benzene rings is 2. The second-order valence-corrected chi connectivity index (χ2v) is 7.00. The molecule has 0 saturated heterocycles. The Labute approximate surface area is 147 Å². The Morgan fingerprint density at radius 3 is 2.50 bits per heavy atom. The van der Waals surface area contributed by atoms with Crippen LogP contribution in [0, 0.1) is 13.8 Å². The fourth-order valence-corrected chi connectivity index (χ4v) is 2.83. The van der Waals surface area contributed by atoms with Crippen molar-refractivity contribution in [1.29, 1.82) is 0 Å². The normalized spacial score (nSPS) is 11.6. The highest BCUT2D eigenvalue weighted by Gasteiger charge is 2.16. The van der Waals surface area contributed by atoms with Crippen LogP contribution < -0.4 is 10.6 Å². The number of thioether (sulfide) groups is 1. The van der Waals surface area contributed by atoms with E-state index < -0.39 is 0 Å². The van der Waals surface area contributed by atoms with Gasteiger partial charge in [-0.1, -0.05) is 30.3 Å². The monoisotopic (exact) mass is 342 g/mol. The number of carbonyl (C=O) groups is 2. The Kier molecular flexibility index (Phi) is 6.44. The number of rotatable bonds is 6. The summed E-state index contributed by atoms with van der Waals surface area (Å²) in [5.74, 6) is 0.0230. The molecule has 2 N–H and O–H groups in total. The minimum Gasteiger partial charge on any atom is -0.325 e. The van der Waals surface area contributed by atoms with Crippen molar-refractivity contribution in [2.45, 2.75) is 26.0 Å². The summed E-state index contributed by atoms with van der Waals surface area (Å²) in [6, 6.07) is 15.3. The van der Waals surface area contributed by atoms with Crippen LogP contribution in [-0.4, -0.2) is 22.8 Å². The fraction of sp³-hybridized carbons (Fsp3) is 0.263. The van der Waals surface area contributed by atoms with Gasteiger partial charge in [0, 0.05) is 11.4 Å². The molecule has 5 heteroatoms. The maximum atomic E-state index is 12.2. The van der Waals surface area contributed by atoms with Crippen molar-refractivity contribution in [3.63, 3.8) is 0 Å². The first-order valence-corrected chi connectivity index (χ1v) is 8.85. The molecule has 0 spiro atoms. The molecule has 2 rings (SSSR count). The molecule has 0 aliphatic carbocycles. The van der Waals surface area contributed by atoms with Crippen LogP contribution in [0.15, 0.2) is 48.5 Å². The highest BCUT2D eigenvalue weighted by atomic mass is 32.2. The molecule has 0 aliphatic rings. The van der Waals surface area contributed by atoms with Crippen molar-refractivity contribution in [3.05, 3.63) is 59.7 Å². The van der Waals surface area contributed by atoms with Gasteiger partial charge in [0.1, 0.15) is 0 Å². The number of hydrogen-bond acceptors (Lipinski definition) is 3. The van der Waals surface area contributed by atoms with Crippen molar-refractivity contribution < 1.29 is 9.59 Å². The molecule has 2 aromatic carbocycles. The van der Waals surface area contributed by atoms with Crippen LogP contribution in [0.1, 0.15) is 18.1 Å². The Balaban J connectivity index is 1.81. The molecule has 0 fully saturated rings. The SMILES string of the molecule is Cc1cccc(NC(=O)CS[C@H](C)C(=O)Nc2ccccc2C)c1. The standard InChI is InChI=1S/C19H22N2O2S/c1-13-7-6-9-16(11-13)20-18(22)12-24-15(3)19(23)21-17-10-5-4-8-14(17)2/h4-11,15H,12H2,1-3H3,(H,20,22)(H,21,23)/t15-/m1/s1. The maximum absolute atomic E-state index is 12.2. The van der Waals surface area contributed by atoms with E-state index >= 15 is 0 Å². The van der Waals surface area contributed by atoms with E-state index in [-0.39, 0.29) is 22.8 Å². The first-order valence-electron chi connectivity index (χ1n) is 7.80. The summed E-state index contributed by atoms with van der Waals surface area (Å²) in [6.45, 7) is 5.73. The summed E-state index contributed by atoms with van der Waals surface area (Å²) >= 11 is 1.32. The summed E-state index contributed by atoms with van der Waals surface area (Å²) in [5, 5.41) is 5.43. The molecule has 2 amide bonds. The molecule has 0 saturated carbocycles. The molecular formula is C19H22N2O2S. The minimum atomic E-state index is -0.312. The Bertz CT molecular complexity index is 731. The lowest BCUT2D eigenvalue weighted by Crippen LogP contribution is -2.25. The van der Waals surface area contributed by atoms with Gasteiger partial charge in [0.25, 0.3) is 0 Å². The van der Waals surface area contributed by atoms with Gasteiger partial charge in [-0.05, 0) is 50.1 Å². The molecule has 4 nitrogen and oxygen atoms in total. The van der Waals surface area contributed by atoms with E-state index in [9.17, 15) is 9.59 Å². The Hall–Kier alpha value is -2.27. The zero-order valence-electron chi connectivity index (χ0n) is 14.1. The predicted molar refractivity (Wildman–Crippen MR) is 102 cm³/mol. The first kappa shape index (κ1) is 18.1. The van der Waals surface area contributed by atoms with Crippen LogP contribution in [0.2, 0.25) is 0 Å². The van der Waals surface area contributed by atoms with Crippen LogP contribution >= 0.6 is 11.8 Å². The number of anilines is 2. The molecule has 0 unspecified atom stereocenters. The van der Waals surface area contributed by atoms with E-state index in [1.165, 1.54) is 11.8 Å². The number of hydrogen-bond donors (Lipinski definition) is 2. The predicted octanol–water partition coefficient (Wildman–Crippen LogP) is 4.00. The zero-order valence-corrected chi connectivity index (χ0v) is 14.9. The lowest BCUT2D eigenvalue weighted by Gasteiger charge is -2.13. The average molecular weight is 342 g/mol. The van der Waals surface area contributed by atoms with Gasteiger partial charge in [0.2, 0.25) is 11.8 Å². The van der Waals surface area contributed by atoms with Gasteiger partial charge in [0.05, 0.1) is 11.0 Å². The van der Waals surface area contributed by atoms with Crippen molar-refractivity contribution in [1.82, 2.24) is 0 Å². The van der Waals surface area contributed by atoms with Gasteiger partial charge < -0.3 is 10.6 Å². The number of aryl methyl sites for hydroxylation is 2. The molecule has 126 valence electrons. The quantitative estimate of drug-likeness (QED) is 0.834. The minimum absolute atomic E-state index is 0.0994. The lowest BCUT2D eigenvalue weighted by atomic mass is 10.2. The molecule has 2 aromatic rings. The smallest absolute Gasteiger partial charge is 0.237 e. The van der Waals surface area contributed by atoms with Gasteiger partial charge in [0.15, 0.2) is 0 Å². The van der Waals surface area contributed by atoms with Crippen LogP contribution in [0.4, 0.5) is 11.4 Å². The van der Waals surface area contributed by atoms with Gasteiger partial charge in [-0.25, -0.2) is 0 Å². The average Bonchev–Trinajstić information content (AvgIpc) is 2.54. The van der Waals surface area contributed by atoms with Crippen molar-refractivity contribution in [3.8, 4) is 0 Å². The summed E-state index contributed by atoms with van der Waals surface area (Å²) < 4.78 is 0. The van der Waals surface area contributed by atoms with Gasteiger partial charge in [-0.3, -0.25) is 9.59 Å². The molecule has 0 aromatic heterocycles. The van der Waals surface area contributed by atoms with E-state index in [1.807, 2.05) is 62.4 Å². The lowest BCUT2D eigenvalue weighted by molar-refractivity contribution is -0.115. The highest BCUT2D eigenvalue weighted by molar-refractivity contribution is 8.01. The third-order valence-electron chi connectivity index (χ3n) is 3.54. The summed E-state index contributed by atoms with van der Waals surface area (Å²) in [4.78, 5) is 24.2. The van der Waals surface area contributed by atoms with E-state index in [0.717, 1.165) is 22.5 Å². The van der Waals surface area contributed by atoms with Gasteiger partial charge in [-0.2, -0.15) is 0 Å². The molecule has 24 heavy (non-hydrogen) atoms. The second kappa shape index (κ2) is 8.55. The van der Waals surface area contributed by atoms with Crippen LogP contribution in [0.25, 0.3) is 0 Å². The summed E-state index contributed by atoms with van der Waals surface area (Å²) in [6.07, 6.45) is 0. The summed E-state index contributed by atoms with van der Waals surface area (Å²) in [5.41, 5.74) is 3.68. The molecule has 0 radical (unpaired) electrons. The number of carbonyl (C=O) groups excluding carboxylic acids is 2. The zero-order chi connectivity index (χ0) is 17.5. The van der Waals surface area contributed by atoms with Crippen molar-refractivity contribution in [2.24, 2.45) is 0 Å². The highest BCUT2D eigenvalue weighted by Crippen LogP contribution is 2.18. The van der Waals surface area contributed by atoms with E-state index in [4.69, 9.17) is 0 Å². The number of nitrogens with one attached hydrogen (secondary N) is 2. The number of amides is 2. The second-order valence-electron chi connectivity index (χ2n) is 5.68. The molecule has 0 aliphatic heterocycles. The topological polar surface area (TPSA) is 58.2 Å². The van der Waals surface area contributed by atoms with E-state index in [2.05, 4.69) is 10.6 Å². The number of para-hydroxylation sites is 1. The van der Waals surface area contributed by atoms with Gasteiger partial charge in [-0.15, -0.1) is 11.8 Å². The Morgan fingerprint density at radius 2 is 1.79 bits per heavy atom. The molecule has 0 heterocycles. The largest absolute Gasteiger partial charge is 0.325 e. The maximum Gasteiger partial charge on any atom is 0.237 e. The molecular weight excluding hydrogens is 320 g/mol. The van der Waals surface area contributed by atoms with Crippen LogP contribution in [0.5, 0.6) is 0 Å². The first-order chi connectivity index (χ1) is 11.5. The molecule has 0 bridgehead atoms. The van der Waals surface area contributed by atoms with Crippen molar-refractivity contribution >= 4 is 35.0 Å². The van der Waals surface area contributed by atoms with Gasteiger partial charge >= 0.3 is 0 Å². The fourth-order valence-electron chi connectivity index (χ4n) is 2.14. The third-order valence-corrected chi connectivity index (χ3v) is 4.68. The van der Waals surface area contributed by atoms with E-state index in [0.29, 0.717) is 0 Å². The van der Waals surface area contributed by atoms with E-state index in [1.54, 1.807) is 6.92 Å².